The van der Waals surface area contributed by atoms with Gasteiger partial charge in [-0.25, -0.2) is 9.97 Å². The highest BCUT2D eigenvalue weighted by Crippen LogP contribution is 2.33. The Kier molecular flexibility index (Phi) is 4.38. The first kappa shape index (κ1) is 16.1. The molecule has 1 aliphatic rings. The Balaban J connectivity index is 1.54. The third-order valence-corrected chi connectivity index (χ3v) is 4.83. The average Bonchev–Trinajstić information content (AvgIpc) is 3.27. The van der Waals surface area contributed by atoms with Gasteiger partial charge in [-0.2, -0.15) is 0 Å². The molecular weight excluding hydrogens is 316 g/mol. The zero-order valence-electron chi connectivity index (χ0n) is 14.2. The molecule has 130 valence electrons. The van der Waals surface area contributed by atoms with E-state index >= 15 is 0 Å². The summed E-state index contributed by atoms with van der Waals surface area (Å²) in [6, 6.07) is 9.93. The van der Waals surface area contributed by atoms with Crippen LogP contribution in [0.5, 0.6) is 0 Å². The third-order valence-electron chi connectivity index (χ3n) is 4.83. The second-order valence-electron chi connectivity index (χ2n) is 6.46. The van der Waals surface area contributed by atoms with Gasteiger partial charge in [0.1, 0.15) is 17.7 Å². The second-order valence-corrected chi connectivity index (χ2v) is 6.46. The SMILES string of the molecule is Cn1ccnc1[C@@H]1OCC[C@H]1CNc1nc2ccccc2cc1CO. The zero-order chi connectivity index (χ0) is 17.2. The Morgan fingerprint density at radius 2 is 2.24 bits per heavy atom. The molecule has 0 unspecified atom stereocenters. The summed E-state index contributed by atoms with van der Waals surface area (Å²) < 4.78 is 7.92. The minimum Gasteiger partial charge on any atom is -0.392 e. The maximum Gasteiger partial charge on any atom is 0.138 e. The van der Waals surface area contributed by atoms with E-state index < -0.39 is 0 Å². The summed E-state index contributed by atoms with van der Waals surface area (Å²) in [4.78, 5) is 9.11. The molecule has 0 spiro atoms. The Hall–Kier alpha value is -2.44. The number of anilines is 1. The molecule has 1 fully saturated rings. The number of para-hydroxylation sites is 1. The van der Waals surface area contributed by atoms with Gasteiger partial charge in [0.05, 0.1) is 12.1 Å². The number of hydrogen-bond donors (Lipinski definition) is 2. The van der Waals surface area contributed by atoms with Crippen LogP contribution < -0.4 is 5.32 Å². The molecule has 1 aliphatic heterocycles. The van der Waals surface area contributed by atoms with E-state index in [1.54, 1.807) is 6.20 Å². The van der Waals surface area contributed by atoms with Crippen LogP contribution in [-0.4, -0.2) is 32.8 Å². The monoisotopic (exact) mass is 338 g/mol. The summed E-state index contributed by atoms with van der Waals surface area (Å²) in [5.41, 5.74) is 1.73. The largest absolute Gasteiger partial charge is 0.392 e. The fourth-order valence-corrected chi connectivity index (χ4v) is 3.44. The van der Waals surface area contributed by atoms with E-state index in [2.05, 4.69) is 15.3 Å². The van der Waals surface area contributed by atoms with Crippen molar-refractivity contribution < 1.29 is 9.84 Å². The lowest BCUT2D eigenvalue weighted by molar-refractivity contribution is 0.0839. The summed E-state index contributed by atoms with van der Waals surface area (Å²) in [5.74, 6) is 2.02. The molecule has 6 heteroatoms. The van der Waals surface area contributed by atoms with Crippen LogP contribution in [0.3, 0.4) is 0 Å². The number of hydrogen-bond acceptors (Lipinski definition) is 5. The number of nitrogens with zero attached hydrogens (tertiary/aromatic N) is 3. The Bertz CT molecular complexity index is 877. The highest BCUT2D eigenvalue weighted by Gasteiger charge is 2.32. The van der Waals surface area contributed by atoms with Crippen molar-refractivity contribution in [3.05, 3.63) is 54.1 Å². The van der Waals surface area contributed by atoms with Crippen molar-refractivity contribution in [2.24, 2.45) is 13.0 Å². The molecule has 0 saturated carbocycles. The van der Waals surface area contributed by atoms with Gasteiger partial charge in [0, 0.05) is 49.5 Å². The molecule has 1 saturated heterocycles. The fourth-order valence-electron chi connectivity index (χ4n) is 3.44. The molecule has 2 aromatic heterocycles. The number of nitrogens with one attached hydrogen (secondary N) is 1. The van der Waals surface area contributed by atoms with Gasteiger partial charge in [0.15, 0.2) is 0 Å². The highest BCUT2D eigenvalue weighted by molar-refractivity contribution is 5.81. The number of fused-ring (bicyclic) bond motifs is 1. The summed E-state index contributed by atoms with van der Waals surface area (Å²) in [5, 5.41) is 14.1. The molecule has 3 aromatic rings. The van der Waals surface area contributed by atoms with Crippen LogP contribution in [0.2, 0.25) is 0 Å². The Morgan fingerprint density at radius 3 is 3.04 bits per heavy atom. The van der Waals surface area contributed by atoms with E-state index in [0.717, 1.165) is 47.7 Å². The van der Waals surface area contributed by atoms with Gasteiger partial charge in [-0.15, -0.1) is 0 Å². The minimum atomic E-state index is -0.0376. The molecule has 4 rings (SSSR count). The highest BCUT2D eigenvalue weighted by atomic mass is 16.5. The van der Waals surface area contributed by atoms with Crippen molar-refractivity contribution in [2.45, 2.75) is 19.1 Å². The smallest absolute Gasteiger partial charge is 0.138 e. The third kappa shape index (κ3) is 3.10. The van der Waals surface area contributed by atoms with Gasteiger partial charge >= 0.3 is 0 Å². The number of imidazole rings is 1. The Morgan fingerprint density at radius 1 is 1.36 bits per heavy atom. The van der Waals surface area contributed by atoms with Crippen LogP contribution in [-0.2, 0) is 18.4 Å². The van der Waals surface area contributed by atoms with Crippen molar-refractivity contribution >= 4 is 16.7 Å². The van der Waals surface area contributed by atoms with Gasteiger partial charge in [-0.1, -0.05) is 18.2 Å². The summed E-state index contributed by atoms with van der Waals surface area (Å²) in [6.45, 7) is 1.43. The lowest BCUT2D eigenvalue weighted by atomic mass is 10.0. The van der Waals surface area contributed by atoms with Crippen molar-refractivity contribution in [2.75, 3.05) is 18.5 Å². The number of aromatic nitrogens is 3. The first-order chi connectivity index (χ1) is 12.3. The van der Waals surface area contributed by atoms with Crippen molar-refractivity contribution in [1.29, 1.82) is 0 Å². The number of aliphatic hydroxyl groups excluding tert-OH is 1. The minimum absolute atomic E-state index is 0.00877. The van der Waals surface area contributed by atoms with E-state index in [0.29, 0.717) is 5.92 Å². The number of benzene rings is 1. The van der Waals surface area contributed by atoms with Gasteiger partial charge < -0.3 is 19.7 Å². The molecule has 25 heavy (non-hydrogen) atoms. The maximum absolute atomic E-state index is 9.69. The van der Waals surface area contributed by atoms with Crippen molar-refractivity contribution in [3.8, 4) is 0 Å². The van der Waals surface area contributed by atoms with E-state index in [4.69, 9.17) is 4.74 Å². The zero-order valence-corrected chi connectivity index (χ0v) is 14.2. The van der Waals surface area contributed by atoms with Gasteiger partial charge in [-0.05, 0) is 18.6 Å². The van der Waals surface area contributed by atoms with Crippen LogP contribution in [0.1, 0.15) is 23.9 Å². The van der Waals surface area contributed by atoms with Crippen LogP contribution in [0.15, 0.2) is 42.7 Å². The van der Waals surface area contributed by atoms with Crippen LogP contribution in [0.4, 0.5) is 5.82 Å². The van der Waals surface area contributed by atoms with Crippen molar-refractivity contribution in [3.63, 3.8) is 0 Å². The quantitative estimate of drug-likeness (QED) is 0.748. The number of rotatable bonds is 5. The predicted molar refractivity (Wildman–Crippen MR) is 96.2 cm³/mol. The van der Waals surface area contributed by atoms with Crippen LogP contribution in [0, 0.1) is 5.92 Å². The summed E-state index contributed by atoms with van der Waals surface area (Å²) in [6.07, 6.45) is 4.71. The molecule has 1 aromatic carbocycles. The number of ether oxygens (including phenoxy) is 1. The first-order valence-corrected chi connectivity index (χ1v) is 8.58. The Labute approximate surface area is 146 Å². The lowest BCUT2D eigenvalue weighted by Gasteiger charge is -2.20. The number of aryl methyl sites for hydroxylation is 1. The predicted octanol–water partition coefficient (Wildman–Crippen LogP) is 2.65. The standard InChI is InChI=1S/C19H22N4O2/c1-23-8-7-20-19(23)17-14(6-9-25-17)11-21-18-15(12-24)10-13-4-2-3-5-16(13)22-18/h2-5,7-8,10,14,17,24H,6,9,11-12H2,1H3,(H,21,22)/t14-,17+/m0/s1. The van der Waals surface area contributed by atoms with E-state index in [-0.39, 0.29) is 12.7 Å². The molecule has 6 nitrogen and oxygen atoms in total. The van der Waals surface area contributed by atoms with Gasteiger partial charge in [0.25, 0.3) is 0 Å². The second kappa shape index (κ2) is 6.82. The molecular formula is C19H22N4O2. The normalized spacial score (nSPS) is 20.2. The van der Waals surface area contributed by atoms with E-state index in [9.17, 15) is 5.11 Å². The molecule has 0 radical (unpaired) electrons. The number of aliphatic hydroxyl groups is 1. The molecule has 3 heterocycles. The lowest BCUT2D eigenvalue weighted by Crippen LogP contribution is -2.21. The van der Waals surface area contributed by atoms with E-state index in [1.165, 1.54) is 0 Å². The fraction of sp³-hybridized carbons (Fsp3) is 0.368. The number of pyridine rings is 1. The van der Waals surface area contributed by atoms with Gasteiger partial charge in [0.2, 0.25) is 0 Å². The summed E-state index contributed by atoms with van der Waals surface area (Å²) >= 11 is 0. The van der Waals surface area contributed by atoms with Crippen molar-refractivity contribution in [1.82, 2.24) is 14.5 Å². The molecule has 0 aliphatic carbocycles. The van der Waals surface area contributed by atoms with Crippen LogP contribution >= 0.6 is 0 Å². The van der Waals surface area contributed by atoms with E-state index in [1.807, 2.05) is 48.1 Å². The molecule has 0 bridgehead atoms. The topological polar surface area (TPSA) is 72.2 Å². The first-order valence-electron chi connectivity index (χ1n) is 8.58. The molecule has 2 atom stereocenters. The summed E-state index contributed by atoms with van der Waals surface area (Å²) in [7, 11) is 1.99. The maximum atomic E-state index is 9.69. The molecule has 0 amide bonds. The molecule has 2 N–H and O–H groups in total. The average molecular weight is 338 g/mol. The van der Waals surface area contributed by atoms with Gasteiger partial charge in [-0.3, -0.25) is 0 Å². The van der Waals surface area contributed by atoms with Crippen LogP contribution in [0.25, 0.3) is 10.9 Å².